The first kappa shape index (κ1) is 13.9. The van der Waals surface area contributed by atoms with Crippen LogP contribution >= 0.6 is 23.2 Å². The summed E-state index contributed by atoms with van der Waals surface area (Å²) in [6, 6.07) is 5.33. The highest BCUT2D eigenvalue weighted by Gasteiger charge is 2.16. The number of aromatic nitrogens is 2. The van der Waals surface area contributed by atoms with Gasteiger partial charge < -0.3 is 5.32 Å². The number of hydrogen-bond donors (Lipinski definition) is 1. The normalized spacial score (nSPS) is 10.5. The minimum absolute atomic E-state index is 0.211. The second-order valence-electron chi connectivity index (χ2n) is 4.05. The standard InChI is InChI=1S/C13H13Cl2N3O/c1-3-18-7-10(15)12(17-18)13(19)16-11-6-4-5-9(14)8(11)2/h4-7H,3H2,1-2H3,(H,16,19). The number of benzene rings is 1. The molecule has 1 heterocycles. The van der Waals surface area contributed by atoms with E-state index in [1.165, 1.54) is 0 Å². The quantitative estimate of drug-likeness (QED) is 0.937. The van der Waals surface area contributed by atoms with Gasteiger partial charge in [0.15, 0.2) is 5.69 Å². The highest BCUT2D eigenvalue weighted by molar-refractivity contribution is 6.34. The van der Waals surface area contributed by atoms with Gasteiger partial charge in [-0.25, -0.2) is 0 Å². The van der Waals surface area contributed by atoms with E-state index in [0.717, 1.165) is 5.56 Å². The average Bonchev–Trinajstić information content (AvgIpc) is 2.76. The summed E-state index contributed by atoms with van der Waals surface area (Å²) in [6.45, 7) is 4.42. The minimum Gasteiger partial charge on any atom is -0.320 e. The smallest absolute Gasteiger partial charge is 0.277 e. The molecule has 19 heavy (non-hydrogen) atoms. The number of hydrogen-bond acceptors (Lipinski definition) is 2. The van der Waals surface area contributed by atoms with Crippen LogP contribution in [0.15, 0.2) is 24.4 Å². The zero-order chi connectivity index (χ0) is 14.0. The summed E-state index contributed by atoms with van der Waals surface area (Å²) in [5.41, 5.74) is 1.67. The molecule has 1 N–H and O–H groups in total. The van der Waals surface area contributed by atoms with Crippen LogP contribution in [0.1, 0.15) is 23.0 Å². The van der Waals surface area contributed by atoms with Crippen LogP contribution in [0.2, 0.25) is 10.0 Å². The second-order valence-corrected chi connectivity index (χ2v) is 4.86. The summed E-state index contributed by atoms with van der Waals surface area (Å²) in [5, 5.41) is 7.81. The van der Waals surface area contributed by atoms with E-state index in [2.05, 4.69) is 10.4 Å². The molecule has 2 rings (SSSR count). The summed E-state index contributed by atoms with van der Waals surface area (Å²) in [5.74, 6) is -0.345. The molecule has 1 aromatic carbocycles. The lowest BCUT2D eigenvalue weighted by molar-refractivity contribution is 0.102. The summed E-state index contributed by atoms with van der Waals surface area (Å²) in [7, 11) is 0. The van der Waals surface area contributed by atoms with Crippen LogP contribution in [-0.4, -0.2) is 15.7 Å². The molecule has 0 saturated carbocycles. The lowest BCUT2D eigenvalue weighted by atomic mass is 10.2. The Hall–Kier alpha value is -1.52. The van der Waals surface area contributed by atoms with Crippen LogP contribution in [0, 0.1) is 6.92 Å². The van der Waals surface area contributed by atoms with Crippen molar-refractivity contribution in [3.63, 3.8) is 0 Å². The van der Waals surface area contributed by atoms with Gasteiger partial charge in [0.1, 0.15) is 0 Å². The van der Waals surface area contributed by atoms with Crippen molar-refractivity contribution >= 4 is 34.8 Å². The minimum atomic E-state index is -0.345. The second kappa shape index (κ2) is 5.63. The van der Waals surface area contributed by atoms with Gasteiger partial charge in [-0.3, -0.25) is 9.48 Å². The van der Waals surface area contributed by atoms with Crippen LogP contribution in [-0.2, 0) is 6.54 Å². The van der Waals surface area contributed by atoms with Gasteiger partial charge in [-0.15, -0.1) is 0 Å². The van der Waals surface area contributed by atoms with E-state index in [9.17, 15) is 4.79 Å². The highest BCUT2D eigenvalue weighted by atomic mass is 35.5. The van der Waals surface area contributed by atoms with Gasteiger partial charge in [-0.2, -0.15) is 5.10 Å². The molecule has 0 saturated heterocycles. The van der Waals surface area contributed by atoms with Crippen LogP contribution in [0.5, 0.6) is 0 Å². The maximum Gasteiger partial charge on any atom is 0.277 e. The molecule has 0 aliphatic rings. The topological polar surface area (TPSA) is 46.9 Å². The molecular formula is C13H13Cl2N3O. The lowest BCUT2D eigenvalue weighted by Crippen LogP contribution is -2.14. The van der Waals surface area contributed by atoms with Gasteiger partial charge in [-0.05, 0) is 31.5 Å². The summed E-state index contributed by atoms with van der Waals surface area (Å²) < 4.78 is 1.61. The molecule has 0 unspecified atom stereocenters. The number of halogens is 2. The Morgan fingerprint density at radius 1 is 1.37 bits per heavy atom. The first-order valence-electron chi connectivity index (χ1n) is 5.82. The molecule has 1 aromatic heterocycles. The number of carbonyl (C=O) groups excluding carboxylic acids is 1. The van der Waals surface area contributed by atoms with Crippen molar-refractivity contribution in [2.75, 3.05) is 5.32 Å². The van der Waals surface area contributed by atoms with E-state index in [0.29, 0.717) is 22.3 Å². The molecular weight excluding hydrogens is 285 g/mol. The average molecular weight is 298 g/mol. The predicted octanol–water partition coefficient (Wildman–Crippen LogP) is 3.77. The van der Waals surface area contributed by atoms with Gasteiger partial charge in [-0.1, -0.05) is 29.3 Å². The van der Waals surface area contributed by atoms with E-state index >= 15 is 0 Å². The molecule has 100 valence electrons. The number of amides is 1. The fourth-order valence-electron chi connectivity index (χ4n) is 1.64. The molecule has 1 amide bonds. The molecule has 0 radical (unpaired) electrons. The number of anilines is 1. The number of carbonyl (C=O) groups is 1. The SMILES string of the molecule is CCn1cc(Cl)c(C(=O)Nc2cccc(Cl)c2C)n1. The summed E-state index contributed by atoms with van der Waals surface area (Å²) in [6.07, 6.45) is 1.63. The maximum atomic E-state index is 12.1. The van der Waals surface area contributed by atoms with Crippen LogP contribution in [0.3, 0.4) is 0 Å². The molecule has 0 fully saturated rings. The number of nitrogens with zero attached hydrogens (tertiary/aromatic N) is 2. The fraction of sp³-hybridized carbons (Fsp3) is 0.231. The van der Waals surface area contributed by atoms with Crippen LogP contribution in [0.4, 0.5) is 5.69 Å². The van der Waals surface area contributed by atoms with Crippen molar-refractivity contribution in [2.24, 2.45) is 0 Å². The molecule has 4 nitrogen and oxygen atoms in total. The summed E-state index contributed by atoms with van der Waals surface area (Å²) in [4.78, 5) is 12.1. The van der Waals surface area contributed by atoms with Gasteiger partial charge in [0.2, 0.25) is 0 Å². The van der Waals surface area contributed by atoms with Gasteiger partial charge in [0.05, 0.1) is 5.02 Å². The molecule has 6 heteroatoms. The first-order valence-corrected chi connectivity index (χ1v) is 6.58. The van der Waals surface area contributed by atoms with E-state index in [1.807, 2.05) is 13.8 Å². The van der Waals surface area contributed by atoms with Crippen LogP contribution < -0.4 is 5.32 Å². The zero-order valence-electron chi connectivity index (χ0n) is 10.6. The third-order valence-corrected chi connectivity index (χ3v) is 3.46. The maximum absolute atomic E-state index is 12.1. The van der Waals surface area contributed by atoms with Crippen molar-refractivity contribution in [1.29, 1.82) is 0 Å². The van der Waals surface area contributed by atoms with E-state index < -0.39 is 0 Å². The van der Waals surface area contributed by atoms with Crippen molar-refractivity contribution in [1.82, 2.24) is 9.78 Å². The van der Waals surface area contributed by atoms with Gasteiger partial charge in [0.25, 0.3) is 5.91 Å². The fourth-order valence-corrected chi connectivity index (χ4v) is 2.05. The monoisotopic (exact) mass is 297 g/mol. The van der Waals surface area contributed by atoms with Crippen molar-refractivity contribution in [3.05, 3.63) is 45.7 Å². The van der Waals surface area contributed by atoms with Crippen molar-refractivity contribution in [3.8, 4) is 0 Å². The Labute approximate surface area is 121 Å². The van der Waals surface area contributed by atoms with Crippen LogP contribution in [0.25, 0.3) is 0 Å². The molecule has 0 spiro atoms. The summed E-state index contributed by atoms with van der Waals surface area (Å²) >= 11 is 12.0. The van der Waals surface area contributed by atoms with Gasteiger partial charge >= 0.3 is 0 Å². The van der Waals surface area contributed by atoms with Crippen molar-refractivity contribution in [2.45, 2.75) is 20.4 Å². The Bertz CT molecular complexity index is 622. The Kier molecular flexibility index (Phi) is 4.12. The molecule has 2 aromatic rings. The Morgan fingerprint density at radius 2 is 2.11 bits per heavy atom. The number of nitrogens with one attached hydrogen (secondary N) is 1. The van der Waals surface area contributed by atoms with E-state index in [4.69, 9.17) is 23.2 Å². The number of rotatable bonds is 3. The van der Waals surface area contributed by atoms with Gasteiger partial charge in [0, 0.05) is 23.5 Å². The molecule has 0 aliphatic carbocycles. The molecule has 0 atom stereocenters. The Morgan fingerprint density at radius 3 is 2.74 bits per heavy atom. The van der Waals surface area contributed by atoms with Crippen molar-refractivity contribution < 1.29 is 4.79 Å². The molecule has 0 bridgehead atoms. The largest absolute Gasteiger partial charge is 0.320 e. The van der Waals surface area contributed by atoms with E-state index in [1.54, 1.807) is 29.1 Å². The highest BCUT2D eigenvalue weighted by Crippen LogP contribution is 2.24. The Balaban J connectivity index is 2.25. The predicted molar refractivity (Wildman–Crippen MR) is 77.1 cm³/mol. The third-order valence-electron chi connectivity index (χ3n) is 2.77. The first-order chi connectivity index (χ1) is 9.02. The third kappa shape index (κ3) is 2.91. The van der Waals surface area contributed by atoms with E-state index in [-0.39, 0.29) is 11.6 Å². The zero-order valence-corrected chi connectivity index (χ0v) is 12.1. The molecule has 0 aliphatic heterocycles. The lowest BCUT2D eigenvalue weighted by Gasteiger charge is -2.08. The number of aryl methyl sites for hydroxylation is 1.